The van der Waals surface area contributed by atoms with Crippen LogP contribution in [0.2, 0.25) is 0 Å². The van der Waals surface area contributed by atoms with E-state index in [1.807, 2.05) is 6.07 Å². The zero-order valence-electron chi connectivity index (χ0n) is 15.2. The fourth-order valence-electron chi connectivity index (χ4n) is 2.36. The highest BCUT2D eigenvalue weighted by molar-refractivity contribution is 5.93. The fourth-order valence-corrected chi connectivity index (χ4v) is 2.36. The van der Waals surface area contributed by atoms with Gasteiger partial charge >= 0.3 is 11.9 Å². The lowest BCUT2D eigenvalue weighted by Crippen LogP contribution is -2.09. The predicted octanol–water partition coefficient (Wildman–Crippen LogP) is 4.23. The maximum atomic E-state index is 12.2. The molecule has 0 saturated heterocycles. The summed E-state index contributed by atoms with van der Waals surface area (Å²) in [5.41, 5.74) is 2.13. The molecule has 3 rings (SSSR count). The molecule has 0 unspecified atom stereocenters. The third kappa shape index (κ3) is 4.88. The lowest BCUT2D eigenvalue weighted by molar-refractivity contribution is 0.0526. The number of hydrogen-bond donors (Lipinski definition) is 0. The summed E-state index contributed by atoms with van der Waals surface area (Å²) in [6.45, 7) is 2.09. The van der Waals surface area contributed by atoms with E-state index in [1.165, 1.54) is 6.20 Å². The van der Waals surface area contributed by atoms with Crippen LogP contribution < -0.4 is 4.74 Å². The van der Waals surface area contributed by atoms with Crippen molar-refractivity contribution in [1.29, 1.82) is 0 Å². The average Bonchev–Trinajstić information content (AvgIpc) is 2.74. The second-order valence-electron chi connectivity index (χ2n) is 5.69. The second kappa shape index (κ2) is 9.23. The SMILES string of the molecule is CCOC(=O)c1ccc(N=Cc2ccccc2OC(=O)c2cccnc2)cc1. The number of rotatable bonds is 6. The standard InChI is InChI=1S/C22H18N2O4/c1-2-27-21(25)16-9-11-19(12-10-16)24-15-17-6-3-4-8-20(17)28-22(26)18-7-5-13-23-14-18/h3-15H,2H2,1H3. The van der Waals surface area contributed by atoms with Gasteiger partial charge in [0.25, 0.3) is 0 Å². The van der Waals surface area contributed by atoms with Gasteiger partial charge in [0.2, 0.25) is 0 Å². The van der Waals surface area contributed by atoms with Crippen LogP contribution in [0.5, 0.6) is 5.75 Å². The number of pyridine rings is 1. The molecule has 0 saturated carbocycles. The van der Waals surface area contributed by atoms with Crippen molar-refractivity contribution in [3.8, 4) is 5.75 Å². The molecule has 3 aromatic rings. The maximum absolute atomic E-state index is 12.2. The van der Waals surface area contributed by atoms with Crippen LogP contribution in [0.25, 0.3) is 0 Å². The van der Waals surface area contributed by atoms with E-state index in [4.69, 9.17) is 9.47 Å². The van der Waals surface area contributed by atoms with Crippen molar-refractivity contribution in [2.45, 2.75) is 6.92 Å². The van der Waals surface area contributed by atoms with Gasteiger partial charge in [-0.25, -0.2) is 9.59 Å². The van der Waals surface area contributed by atoms with Crippen LogP contribution in [0.15, 0.2) is 78.0 Å². The molecule has 6 heteroatoms. The molecule has 0 spiro atoms. The minimum absolute atomic E-state index is 0.327. The van der Waals surface area contributed by atoms with Crippen molar-refractivity contribution in [1.82, 2.24) is 4.98 Å². The number of carbonyl (C=O) groups is 2. The van der Waals surface area contributed by atoms with Gasteiger partial charge in [-0.05, 0) is 55.5 Å². The minimum Gasteiger partial charge on any atom is -0.462 e. The molecule has 6 nitrogen and oxygen atoms in total. The van der Waals surface area contributed by atoms with Gasteiger partial charge in [0, 0.05) is 24.2 Å². The molecule has 140 valence electrons. The van der Waals surface area contributed by atoms with Crippen molar-refractivity contribution in [3.05, 3.63) is 89.7 Å². The Morgan fingerprint density at radius 3 is 2.46 bits per heavy atom. The average molecular weight is 374 g/mol. The normalized spacial score (nSPS) is 10.6. The van der Waals surface area contributed by atoms with Gasteiger partial charge in [-0.2, -0.15) is 0 Å². The van der Waals surface area contributed by atoms with Crippen molar-refractivity contribution < 1.29 is 19.1 Å². The molecular weight excluding hydrogens is 356 g/mol. The van der Waals surface area contributed by atoms with Gasteiger partial charge in [0.15, 0.2) is 0 Å². The van der Waals surface area contributed by atoms with E-state index in [9.17, 15) is 9.59 Å². The summed E-state index contributed by atoms with van der Waals surface area (Å²) >= 11 is 0. The highest BCUT2D eigenvalue weighted by Crippen LogP contribution is 2.20. The summed E-state index contributed by atoms with van der Waals surface area (Å²) in [5.74, 6) is -0.471. The number of benzene rings is 2. The van der Waals surface area contributed by atoms with Crippen molar-refractivity contribution in [3.63, 3.8) is 0 Å². The van der Waals surface area contributed by atoms with E-state index in [1.54, 1.807) is 73.9 Å². The number of ether oxygens (including phenoxy) is 2. The molecule has 1 aromatic heterocycles. The largest absolute Gasteiger partial charge is 0.462 e. The monoisotopic (exact) mass is 374 g/mol. The highest BCUT2D eigenvalue weighted by Gasteiger charge is 2.10. The maximum Gasteiger partial charge on any atom is 0.345 e. The molecule has 0 radical (unpaired) electrons. The molecular formula is C22H18N2O4. The summed E-state index contributed by atoms with van der Waals surface area (Å²) in [5, 5.41) is 0. The van der Waals surface area contributed by atoms with Gasteiger partial charge in [-0.15, -0.1) is 0 Å². The van der Waals surface area contributed by atoms with Crippen LogP contribution in [0.1, 0.15) is 33.2 Å². The Balaban J connectivity index is 1.74. The summed E-state index contributed by atoms with van der Waals surface area (Å²) in [6.07, 6.45) is 4.64. The van der Waals surface area contributed by atoms with Gasteiger partial charge in [-0.1, -0.05) is 12.1 Å². The number of esters is 2. The third-order valence-electron chi connectivity index (χ3n) is 3.75. The molecule has 0 amide bonds. The van der Waals surface area contributed by atoms with Gasteiger partial charge in [-0.3, -0.25) is 9.98 Å². The topological polar surface area (TPSA) is 77.9 Å². The lowest BCUT2D eigenvalue weighted by atomic mass is 10.2. The number of aliphatic imine (C=N–C) groups is 1. The first-order chi connectivity index (χ1) is 13.7. The Morgan fingerprint density at radius 2 is 1.75 bits per heavy atom. The first kappa shape index (κ1) is 19.0. The van der Waals surface area contributed by atoms with Gasteiger partial charge < -0.3 is 9.47 Å². The second-order valence-corrected chi connectivity index (χ2v) is 5.69. The van der Waals surface area contributed by atoms with Crippen molar-refractivity contribution >= 4 is 23.8 Å². The molecule has 2 aromatic carbocycles. The van der Waals surface area contributed by atoms with Crippen LogP contribution in [0.4, 0.5) is 5.69 Å². The molecule has 0 bridgehead atoms. The van der Waals surface area contributed by atoms with Gasteiger partial charge in [0.05, 0.1) is 23.4 Å². The van der Waals surface area contributed by atoms with Crippen molar-refractivity contribution in [2.75, 3.05) is 6.61 Å². The number of nitrogens with zero attached hydrogens (tertiary/aromatic N) is 2. The van der Waals surface area contributed by atoms with E-state index in [0.29, 0.717) is 34.7 Å². The third-order valence-corrected chi connectivity index (χ3v) is 3.75. The quantitative estimate of drug-likeness (QED) is 0.367. The molecule has 0 fully saturated rings. The fraction of sp³-hybridized carbons (Fsp3) is 0.0909. The Morgan fingerprint density at radius 1 is 0.964 bits per heavy atom. The van der Waals surface area contributed by atoms with Crippen LogP contribution >= 0.6 is 0 Å². The Bertz CT molecular complexity index is 983. The molecule has 0 aliphatic heterocycles. The predicted molar refractivity (Wildman–Crippen MR) is 105 cm³/mol. The van der Waals surface area contributed by atoms with E-state index in [-0.39, 0.29) is 5.97 Å². The minimum atomic E-state index is -0.493. The highest BCUT2D eigenvalue weighted by atomic mass is 16.5. The first-order valence-corrected chi connectivity index (χ1v) is 8.70. The number of para-hydroxylation sites is 1. The zero-order valence-corrected chi connectivity index (χ0v) is 15.2. The molecule has 0 aliphatic carbocycles. The van der Waals surface area contributed by atoms with E-state index >= 15 is 0 Å². The molecule has 28 heavy (non-hydrogen) atoms. The number of hydrogen-bond acceptors (Lipinski definition) is 6. The summed E-state index contributed by atoms with van der Waals surface area (Å²) in [4.78, 5) is 32.2. The Kier molecular flexibility index (Phi) is 6.25. The van der Waals surface area contributed by atoms with E-state index in [0.717, 1.165) is 0 Å². The lowest BCUT2D eigenvalue weighted by Gasteiger charge is -2.07. The summed E-state index contributed by atoms with van der Waals surface area (Å²) in [6, 6.07) is 17.1. The summed E-state index contributed by atoms with van der Waals surface area (Å²) in [7, 11) is 0. The number of carbonyl (C=O) groups excluding carboxylic acids is 2. The Labute approximate surface area is 162 Å². The molecule has 0 atom stereocenters. The van der Waals surface area contributed by atoms with Crippen molar-refractivity contribution in [2.24, 2.45) is 4.99 Å². The Hall–Kier alpha value is -3.80. The van der Waals surface area contributed by atoms with Crippen LogP contribution in [-0.2, 0) is 4.74 Å². The smallest absolute Gasteiger partial charge is 0.345 e. The van der Waals surface area contributed by atoms with Gasteiger partial charge in [0.1, 0.15) is 5.75 Å². The first-order valence-electron chi connectivity index (χ1n) is 8.70. The molecule has 0 aliphatic rings. The van der Waals surface area contributed by atoms with E-state index < -0.39 is 5.97 Å². The van der Waals surface area contributed by atoms with E-state index in [2.05, 4.69) is 9.98 Å². The van der Waals surface area contributed by atoms with Crippen LogP contribution in [-0.4, -0.2) is 29.7 Å². The molecule has 0 N–H and O–H groups in total. The number of aromatic nitrogens is 1. The zero-order chi connectivity index (χ0) is 19.8. The van der Waals surface area contributed by atoms with Crippen LogP contribution in [0, 0.1) is 0 Å². The van der Waals surface area contributed by atoms with Crippen LogP contribution in [0.3, 0.4) is 0 Å². The molecule has 1 heterocycles. The summed E-state index contributed by atoms with van der Waals surface area (Å²) < 4.78 is 10.4.